The zero-order valence-electron chi connectivity index (χ0n) is 16.3. The number of amides is 4. The molecular weight excluding hydrogens is 377 g/mol. The number of carbonyl (C=O) groups excluding carboxylic acids is 4. The molecule has 156 valence electrons. The Kier molecular flexibility index (Phi) is 9.01. The zero-order chi connectivity index (χ0) is 21.1. The Balaban J connectivity index is 1.44. The van der Waals surface area contributed by atoms with E-state index in [4.69, 9.17) is 0 Å². The number of halogens is 1. The van der Waals surface area contributed by atoms with Gasteiger partial charge in [-0.1, -0.05) is 0 Å². The van der Waals surface area contributed by atoms with Gasteiger partial charge in [0.2, 0.25) is 5.91 Å². The van der Waals surface area contributed by atoms with Gasteiger partial charge < -0.3 is 10.6 Å². The maximum absolute atomic E-state index is 12.8. The van der Waals surface area contributed by atoms with Gasteiger partial charge in [-0.05, 0) is 56.4 Å². The Bertz CT molecular complexity index is 744. The molecule has 0 saturated heterocycles. The molecule has 0 radical (unpaired) electrons. The minimum absolute atomic E-state index is 0.0380. The molecule has 0 aromatic heterocycles. The number of hydrogen-bond acceptors (Lipinski definition) is 4. The van der Waals surface area contributed by atoms with Crippen molar-refractivity contribution in [3.8, 4) is 0 Å². The first-order valence-electron chi connectivity index (χ1n) is 9.81. The molecule has 7 nitrogen and oxygen atoms in total. The topological polar surface area (TPSA) is 95.6 Å². The lowest BCUT2D eigenvalue weighted by Crippen LogP contribution is -2.31. The van der Waals surface area contributed by atoms with Gasteiger partial charge in [-0.15, -0.1) is 0 Å². The van der Waals surface area contributed by atoms with Crippen LogP contribution in [0.25, 0.3) is 0 Å². The third-order valence-corrected chi connectivity index (χ3v) is 4.50. The zero-order valence-corrected chi connectivity index (χ0v) is 16.3. The van der Waals surface area contributed by atoms with Crippen LogP contribution in [-0.4, -0.2) is 48.2 Å². The first-order chi connectivity index (χ1) is 14.0. The van der Waals surface area contributed by atoms with Crippen molar-refractivity contribution < 1.29 is 23.6 Å². The normalized spacial score (nSPS) is 13.1. The highest BCUT2D eigenvalue weighted by atomic mass is 19.1. The van der Waals surface area contributed by atoms with Crippen molar-refractivity contribution in [2.75, 3.05) is 19.6 Å². The summed E-state index contributed by atoms with van der Waals surface area (Å²) in [7, 11) is 0. The fourth-order valence-corrected chi connectivity index (χ4v) is 2.86. The van der Waals surface area contributed by atoms with Gasteiger partial charge in [0.15, 0.2) is 0 Å². The van der Waals surface area contributed by atoms with E-state index in [0.29, 0.717) is 50.9 Å². The lowest BCUT2D eigenvalue weighted by molar-refractivity contribution is -0.136. The molecule has 1 aromatic carbocycles. The molecular formula is C21H26FN3O4. The lowest BCUT2D eigenvalue weighted by Gasteiger charge is -2.13. The van der Waals surface area contributed by atoms with Crippen LogP contribution in [0.3, 0.4) is 0 Å². The summed E-state index contributed by atoms with van der Waals surface area (Å²) in [5.41, 5.74) is 0.402. The molecule has 0 atom stereocenters. The van der Waals surface area contributed by atoms with Gasteiger partial charge in [-0.3, -0.25) is 24.1 Å². The minimum Gasteiger partial charge on any atom is -0.356 e. The molecule has 29 heavy (non-hydrogen) atoms. The number of rotatable bonds is 12. The number of benzene rings is 1. The molecule has 0 saturated carbocycles. The number of hydrogen-bond donors (Lipinski definition) is 2. The highest BCUT2D eigenvalue weighted by molar-refractivity contribution is 6.12. The summed E-state index contributed by atoms with van der Waals surface area (Å²) in [6.07, 6.45) is 6.56. The Morgan fingerprint density at radius 2 is 1.45 bits per heavy atom. The summed E-state index contributed by atoms with van der Waals surface area (Å²) in [6.45, 7) is 1.41. The second kappa shape index (κ2) is 11.7. The number of carbonyl (C=O) groups is 4. The highest BCUT2D eigenvalue weighted by Gasteiger charge is 2.22. The van der Waals surface area contributed by atoms with E-state index in [0.717, 1.165) is 12.8 Å². The van der Waals surface area contributed by atoms with Crippen molar-refractivity contribution in [1.82, 2.24) is 15.5 Å². The molecule has 0 aliphatic carbocycles. The second-order valence-corrected chi connectivity index (χ2v) is 6.79. The van der Waals surface area contributed by atoms with Crippen LogP contribution in [0.1, 0.15) is 48.9 Å². The van der Waals surface area contributed by atoms with E-state index in [1.54, 1.807) is 0 Å². The molecule has 2 rings (SSSR count). The van der Waals surface area contributed by atoms with Crippen LogP contribution in [0.4, 0.5) is 4.39 Å². The molecule has 4 amide bonds. The molecule has 1 aliphatic heterocycles. The van der Waals surface area contributed by atoms with Crippen LogP contribution in [0, 0.1) is 5.82 Å². The maximum atomic E-state index is 12.8. The SMILES string of the molecule is O=C(CCCCNC(=O)c1ccc(F)cc1)NCCCCCN1C(=O)C=CC1=O. The number of nitrogens with one attached hydrogen (secondary N) is 2. The average molecular weight is 403 g/mol. The molecule has 0 bridgehead atoms. The van der Waals surface area contributed by atoms with Gasteiger partial charge in [-0.2, -0.15) is 0 Å². The monoisotopic (exact) mass is 403 g/mol. The smallest absolute Gasteiger partial charge is 0.253 e. The second-order valence-electron chi connectivity index (χ2n) is 6.79. The Morgan fingerprint density at radius 3 is 2.14 bits per heavy atom. The van der Waals surface area contributed by atoms with Gasteiger partial charge in [0.25, 0.3) is 17.7 Å². The third kappa shape index (κ3) is 7.85. The van der Waals surface area contributed by atoms with Crippen LogP contribution in [0.2, 0.25) is 0 Å². The standard InChI is InChI=1S/C21H26FN3O4/c22-17-9-7-16(8-10-17)21(29)24-14-4-2-6-18(26)23-13-3-1-5-15-25-19(27)11-12-20(25)28/h7-12H,1-6,13-15H2,(H,23,26)(H,24,29). The van der Waals surface area contributed by atoms with Crippen LogP contribution < -0.4 is 10.6 Å². The van der Waals surface area contributed by atoms with Crippen LogP contribution in [0.15, 0.2) is 36.4 Å². The lowest BCUT2D eigenvalue weighted by atomic mass is 10.2. The quantitative estimate of drug-likeness (QED) is 0.412. The van der Waals surface area contributed by atoms with Crippen LogP contribution in [-0.2, 0) is 14.4 Å². The molecule has 1 aliphatic rings. The molecule has 0 spiro atoms. The maximum Gasteiger partial charge on any atom is 0.253 e. The van der Waals surface area contributed by atoms with Crippen molar-refractivity contribution in [3.05, 3.63) is 47.8 Å². The van der Waals surface area contributed by atoms with Crippen LogP contribution in [0.5, 0.6) is 0 Å². The molecule has 2 N–H and O–H groups in total. The average Bonchev–Trinajstić information content (AvgIpc) is 3.02. The Hall–Kier alpha value is -3.03. The van der Waals surface area contributed by atoms with Crippen molar-refractivity contribution in [2.45, 2.75) is 38.5 Å². The number of unbranched alkanes of at least 4 members (excludes halogenated alkanes) is 3. The van der Waals surface area contributed by atoms with Crippen molar-refractivity contribution >= 4 is 23.6 Å². The fourth-order valence-electron chi connectivity index (χ4n) is 2.86. The van der Waals surface area contributed by atoms with E-state index in [9.17, 15) is 23.6 Å². The molecule has 0 unspecified atom stereocenters. The van der Waals surface area contributed by atoms with Gasteiger partial charge in [0.05, 0.1) is 0 Å². The Labute approximate surface area is 169 Å². The Morgan fingerprint density at radius 1 is 0.828 bits per heavy atom. The number of nitrogens with zero attached hydrogens (tertiary/aromatic N) is 1. The summed E-state index contributed by atoms with van der Waals surface area (Å²) < 4.78 is 12.8. The van der Waals surface area contributed by atoms with Gasteiger partial charge in [0.1, 0.15) is 5.82 Å². The van der Waals surface area contributed by atoms with E-state index in [1.807, 2.05) is 0 Å². The molecule has 1 aromatic rings. The van der Waals surface area contributed by atoms with E-state index >= 15 is 0 Å². The van der Waals surface area contributed by atoms with Crippen molar-refractivity contribution in [1.29, 1.82) is 0 Å². The summed E-state index contributed by atoms with van der Waals surface area (Å²) in [5.74, 6) is -1.22. The summed E-state index contributed by atoms with van der Waals surface area (Å²) in [5, 5.41) is 5.58. The molecule has 8 heteroatoms. The van der Waals surface area contributed by atoms with Gasteiger partial charge >= 0.3 is 0 Å². The van der Waals surface area contributed by atoms with Gasteiger partial charge in [-0.25, -0.2) is 4.39 Å². The summed E-state index contributed by atoms with van der Waals surface area (Å²) in [4.78, 5) is 47.6. The predicted molar refractivity (Wildman–Crippen MR) is 105 cm³/mol. The molecule has 1 heterocycles. The van der Waals surface area contributed by atoms with Gasteiger partial charge in [0, 0.05) is 43.8 Å². The van der Waals surface area contributed by atoms with Crippen LogP contribution >= 0.6 is 0 Å². The van der Waals surface area contributed by atoms with Crippen molar-refractivity contribution in [3.63, 3.8) is 0 Å². The van der Waals surface area contributed by atoms with E-state index in [-0.39, 0.29) is 29.4 Å². The number of imide groups is 1. The highest BCUT2D eigenvalue weighted by Crippen LogP contribution is 2.06. The van der Waals surface area contributed by atoms with E-state index in [2.05, 4.69) is 10.6 Å². The van der Waals surface area contributed by atoms with Crippen molar-refractivity contribution in [2.24, 2.45) is 0 Å². The summed E-state index contributed by atoms with van der Waals surface area (Å²) >= 11 is 0. The minimum atomic E-state index is -0.387. The summed E-state index contributed by atoms with van der Waals surface area (Å²) in [6, 6.07) is 5.33. The first-order valence-corrected chi connectivity index (χ1v) is 9.81. The van der Waals surface area contributed by atoms with E-state index < -0.39 is 0 Å². The van der Waals surface area contributed by atoms with E-state index in [1.165, 1.54) is 41.3 Å². The largest absolute Gasteiger partial charge is 0.356 e. The third-order valence-electron chi connectivity index (χ3n) is 4.50. The molecule has 0 fully saturated rings. The fraction of sp³-hybridized carbons (Fsp3) is 0.429. The first kappa shape index (κ1) is 22.3. The predicted octanol–water partition coefficient (Wildman–Crippen LogP) is 1.94.